The Morgan fingerprint density at radius 3 is 1.16 bits per heavy atom. The van der Waals surface area contributed by atoms with E-state index in [1.54, 1.807) is 12.1 Å². The molecule has 0 N–H and O–H groups in total. The molecule has 0 saturated heterocycles. The molecule has 0 saturated carbocycles. The first kappa shape index (κ1) is 39.9. The van der Waals surface area contributed by atoms with Crippen LogP contribution in [-0.2, 0) is 0 Å². The van der Waals surface area contributed by atoms with Crippen molar-refractivity contribution in [1.29, 1.82) is 0 Å². The van der Waals surface area contributed by atoms with Crippen LogP contribution in [0.25, 0.3) is 98.4 Å². The molecular formula is C64H38F2N2O2. The van der Waals surface area contributed by atoms with Crippen LogP contribution in [0, 0.1) is 11.6 Å². The average molecular weight is 905 g/mol. The molecule has 6 heteroatoms. The second-order valence-corrected chi connectivity index (χ2v) is 17.8. The minimum atomic E-state index is -0.306. The van der Waals surface area contributed by atoms with Crippen LogP contribution >= 0.6 is 0 Å². The van der Waals surface area contributed by atoms with Crippen molar-refractivity contribution >= 4 is 110 Å². The monoisotopic (exact) mass is 904 g/mol. The Morgan fingerprint density at radius 1 is 0.300 bits per heavy atom. The Bertz CT molecular complexity index is 4070. The van der Waals surface area contributed by atoms with Gasteiger partial charge < -0.3 is 18.6 Å². The van der Waals surface area contributed by atoms with Gasteiger partial charge in [-0.1, -0.05) is 158 Å². The molecule has 0 fully saturated rings. The Morgan fingerprint density at radius 2 is 0.700 bits per heavy atom. The van der Waals surface area contributed by atoms with E-state index in [9.17, 15) is 0 Å². The van der Waals surface area contributed by atoms with E-state index in [4.69, 9.17) is 8.83 Å². The SMILES string of the molecule is Fc1ccc(N(c2ccc3ccc4c(N(c5ccc(F)c(-c6ccccc6)c5)c5cccc6c5oc5ccccc56)ccc5ccc2c3c54)c2cccc3c2oc2ccccc23)cc1-c1ccccc1. The van der Waals surface area contributed by atoms with E-state index in [1.807, 2.05) is 121 Å². The molecule has 0 aliphatic heterocycles. The zero-order valence-electron chi connectivity index (χ0n) is 37.4. The van der Waals surface area contributed by atoms with Crippen LogP contribution in [-0.4, -0.2) is 0 Å². The van der Waals surface area contributed by atoms with Crippen molar-refractivity contribution in [3.63, 3.8) is 0 Å². The summed E-state index contributed by atoms with van der Waals surface area (Å²) < 4.78 is 45.5. The molecule has 2 heterocycles. The van der Waals surface area contributed by atoms with Gasteiger partial charge in [-0.15, -0.1) is 0 Å². The Labute approximate surface area is 400 Å². The third kappa shape index (κ3) is 6.13. The van der Waals surface area contributed by atoms with Gasteiger partial charge in [0.2, 0.25) is 0 Å². The van der Waals surface area contributed by atoms with Crippen molar-refractivity contribution in [2.45, 2.75) is 0 Å². The van der Waals surface area contributed by atoms with E-state index in [1.165, 1.54) is 0 Å². The zero-order valence-corrected chi connectivity index (χ0v) is 37.4. The van der Waals surface area contributed by atoms with Crippen molar-refractivity contribution in [2.24, 2.45) is 0 Å². The summed E-state index contributed by atoms with van der Waals surface area (Å²) in [6.45, 7) is 0. The van der Waals surface area contributed by atoms with Gasteiger partial charge in [0.05, 0.1) is 22.7 Å². The molecule has 0 bridgehead atoms. The highest BCUT2D eigenvalue weighted by molar-refractivity contribution is 6.29. The molecule has 330 valence electrons. The first-order chi connectivity index (χ1) is 34.6. The highest BCUT2D eigenvalue weighted by atomic mass is 19.1. The molecule has 14 rings (SSSR count). The van der Waals surface area contributed by atoms with Crippen molar-refractivity contribution in [1.82, 2.24) is 0 Å². The molecule has 0 spiro atoms. The van der Waals surface area contributed by atoms with Crippen LogP contribution < -0.4 is 9.80 Å². The molecule has 2 aromatic heterocycles. The Balaban J connectivity index is 1.04. The highest BCUT2D eigenvalue weighted by Gasteiger charge is 2.27. The number of benzene rings is 12. The smallest absolute Gasteiger partial charge is 0.159 e. The van der Waals surface area contributed by atoms with Gasteiger partial charge in [-0.05, 0) is 105 Å². The third-order valence-corrected chi connectivity index (χ3v) is 13.9. The molecule has 0 radical (unpaired) electrons. The van der Waals surface area contributed by atoms with Crippen LogP contribution in [0.15, 0.2) is 239 Å². The van der Waals surface area contributed by atoms with Gasteiger partial charge in [-0.25, -0.2) is 8.78 Å². The highest BCUT2D eigenvalue weighted by Crippen LogP contribution is 2.51. The molecule has 70 heavy (non-hydrogen) atoms. The number of hydrogen-bond acceptors (Lipinski definition) is 4. The van der Waals surface area contributed by atoms with E-state index < -0.39 is 0 Å². The number of halogens is 2. The second kappa shape index (κ2) is 15.7. The second-order valence-electron chi connectivity index (χ2n) is 17.8. The minimum Gasteiger partial charge on any atom is -0.454 e. The fourth-order valence-electron chi connectivity index (χ4n) is 10.8. The lowest BCUT2D eigenvalue weighted by Crippen LogP contribution is -2.12. The normalized spacial score (nSPS) is 11.9. The largest absolute Gasteiger partial charge is 0.454 e. The quantitative estimate of drug-likeness (QED) is 0.142. The molecule has 0 unspecified atom stereocenters. The van der Waals surface area contributed by atoms with E-state index in [2.05, 4.69) is 107 Å². The maximum atomic E-state index is 16.0. The molecule has 0 amide bonds. The maximum Gasteiger partial charge on any atom is 0.159 e. The maximum absolute atomic E-state index is 16.0. The molecule has 12 aromatic carbocycles. The summed E-state index contributed by atoms with van der Waals surface area (Å²) in [6, 6.07) is 76.1. The van der Waals surface area contributed by atoms with Crippen molar-refractivity contribution in [3.05, 3.63) is 242 Å². The summed E-state index contributed by atoms with van der Waals surface area (Å²) in [5.74, 6) is -0.612. The summed E-state index contributed by atoms with van der Waals surface area (Å²) in [5.41, 5.74) is 10.6. The number of fused-ring (bicyclic) bond motifs is 6. The van der Waals surface area contributed by atoms with Crippen LogP contribution in [0.5, 0.6) is 0 Å². The van der Waals surface area contributed by atoms with Crippen molar-refractivity contribution < 1.29 is 17.6 Å². The van der Waals surface area contributed by atoms with Gasteiger partial charge in [0, 0.05) is 54.8 Å². The first-order valence-corrected chi connectivity index (χ1v) is 23.4. The van der Waals surface area contributed by atoms with Gasteiger partial charge in [0.1, 0.15) is 22.8 Å². The number of nitrogens with zero attached hydrogens (tertiary/aromatic N) is 2. The van der Waals surface area contributed by atoms with Crippen LogP contribution in [0.3, 0.4) is 0 Å². The van der Waals surface area contributed by atoms with E-state index in [0.29, 0.717) is 11.1 Å². The number of furan rings is 2. The number of hydrogen-bond donors (Lipinski definition) is 0. The zero-order chi connectivity index (χ0) is 46.5. The lowest BCUT2D eigenvalue weighted by atomic mass is 9.91. The van der Waals surface area contributed by atoms with E-state index in [0.717, 1.165) is 121 Å². The molecule has 0 aliphatic carbocycles. The van der Waals surface area contributed by atoms with Crippen LogP contribution in [0.4, 0.5) is 42.9 Å². The Kier molecular flexibility index (Phi) is 8.92. The van der Waals surface area contributed by atoms with E-state index >= 15 is 8.78 Å². The van der Waals surface area contributed by atoms with Gasteiger partial charge in [-0.3, -0.25) is 0 Å². The molecule has 0 aliphatic rings. The number of para-hydroxylation sites is 4. The predicted molar refractivity (Wildman–Crippen MR) is 285 cm³/mol. The lowest BCUT2D eigenvalue weighted by Gasteiger charge is -2.29. The summed E-state index contributed by atoms with van der Waals surface area (Å²) >= 11 is 0. The van der Waals surface area contributed by atoms with Crippen molar-refractivity contribution in [3.8, 4) is 22.3 Å². The summed E-state index contributed by atoms with van der Waals surface area (Å²) in [6.07, 6.45) is 0. The molecule has 14 aromatic rings. The third-order valence-electron chi connectivity index (χ3n) is 13.9. The van der Waals surface area contributed by atoms with Gasteiger partial charge in [-0.2, -0.15) is 0 Å². The fourth-order valence-corrected chi connectivity index (χ4v) is 10.8. The summed E-state index contributed by atoms with van der Waals surface area (Å²) in [4.78, 5) is 4.42. The minimum absolute atomic E-state index is 0.306. The standard InChI is InChI=1S/C64H38F2N2O2/c65-53-33-29-43(37-51(53)39-13-3-1-4-14-39)67(57-21-11-19-47-45-17-7-9-23-59(45)69-63(47)57)55-35-27-41-26-32-50-56(36-28-42-25-31-49(55)61(41)62(42)50)68(44-30-34-54(66)52(38-44)40-15-5-2-6-16-40)58-22-12-20-48-46-18-8-10-24-60(46)70-64(48)58/h1-38H. The molecular weight excluding hydrogens is 867 g/mol. The summed E-state index contributed by atoms with van der Waals surface area (Å²) in [7, 11) is 0. The number of rotatable bonds is 8. The summed E-state index contributed by atoms with van der Waals surface area (Å²) in [5, 5.41) is 10.3. The van der Waals surface area contributed by atoms with E-state index in [-0.39, 0.29) is 11.6 Å². The van der Waals surface area contributed by atoms with Crippen molar-refractivity contribution in [2.75, 3.05) is 9.80 Å². The first-order valence-electron chi connectivity index (χ1n) is 23.4. The average Bonchev–Trinajstić information content (AvgIpc) is 4.00. The van der Waals surface area contributed by atoms with Crippen LogP contribution in [0.2, 0.25) is 0 Å². The number of anilines is 6. The molecule has 4 nitrogen and oxygen atoms in total. The lowest BCUT2D eigenvalue weighted by molar-refractivity contribution is 0.631. The van der Waals surface area contributed by atoms with Gasteiger partial charge in [0.25, 0.3) is 0 Å². The molecule has 0 atom stereocenters. The van der Waals surface area contributed by atoms with Crippen LogP contribution in [0.1, 0.15) is 0 Å². The van der Waals surface area contributed by atoms with Gasteiger partial charge in [0.15, 0.2) is 11.2 Å². The topological polar surface area (TPSA) is 32.8 Å². The van der Waals surface area contributed by atoms with Gasteiger partial charge >= 0.3 is 0 Å². The predicted octanol–water partition coefficient (Wildman–Crippen LogP) is 18.9. The Hall–Kier alpha value is -9.26. The fraction of sp³-hybridized carbons (Fsp3) is 0.